The zero-order chi connectivity index (χ0) is 29.8. The van der Waals surface area contributed by atoms with E-state index < -0.39 is 11.9 Å². The number of carbonyl (C=O) groups is 2. The number of phenolic OH excluding ortho intramolecular Hbond substituents is 1. The average Bonchev–Trinajstić information content (AvgIpc) is 2.90. The molecule has 0 fully saturated rings. The number of aromatic carboxylic acids is 1. The highest BCUT2D eigenvalue weighted by molar-refractivity contribution is 5.92. The third-order valence-electron chi connectivity index (χ3n) is 6.75. The van der Waals surface area contributed by atoms with Crippen LogP contribution in [0.1, 0.15) is 120 Å². The van der Waals surface area contributed by atoms with Crippen molar-refractivity contribution < 1.29 is 29.3 Å². The molecule has 2 aromatic carbocycles. The molecule has 0 aliphatic heterocycles. The molecule has 0 spiro atoms. The van der Waals surface area contributed by atoms with Crippen molar-refractivity contribution in [3.05, 3.63) is 59.7 Å². The topological polar surface area (TPSA) is 93.1 Å². The minimum absolute atomic E-state index is 0.0221. The van der Waals surface area contributed by atoms with E-state index in [0.29, 0.717) is 24.9 Å². The second-order valence-electron chi connectivity index (χ2n) is 11.5. The molecule has 0 saturated carbocycles. The Hall–Kier alpha value is -3.02. The molecular formula is C34H52O6. The molecule has 2 N–H and O–H groups in total. The van der Waals surface area contributed by atoms with Crippen LogP contribution in [0, 0.1) is 17.8 Å². The van der Waals surface area contributed by atoms with Gasteiger partial charge in [-0.3, -0.25) is 0 Å². The van der Waals surface area contributed by atoms with E-state index in [-0.39, 0.29) is 16.9 Å². The van der Waals surface area contributed by atoms with Crippen molar-refractivity contribution in [3.8, 4) is 11.5 Å². The number of rotatable bonds is 18. The van der Waals surface area contributed by atoms with Gasteiger partial charge >= 0.3 is 11.9 Å². The predicted octanol–water partition coefficient (Wildman–Crippen LogP) is 9.16. The van der Waals surface area contributed by atoms with Gasteiger partial charge in [-0.05, 0) is 54.9 Å². The van der Waals surface area contributed by atoms with E-state index in [0.717, 1.165) is 31.1 Å². The molecule has 6 nitrogen and oxygen atoms in total. The lowest BCUT2D eigenvalue weighted by molar-refractivity contribution is 0.0494. The maximum absolute atomic E-state index is 11.7. The van der Waals surface area contributed by atoms with Crippen LogP contribution in [0.3, 0.4) is 0 Å². The maximum Gasteiger partial charge on any atom is 0.341 e. The number of benzene rings is 2. The first-order valence-electron chi connectivity index (χ1n) is 15.0. The van der Waals surface area contributed by atoms with Crippen LogP contribution in [0.2, 0.25) is 0 Å². The second-order valence-corrected chi connectivity index (χ2v) is 11.5. The smallest absolute Gasteiger partial charge is 0.341 e. The number of para-hydroxylation sites is 2. The number of carbonyl (C=O) groups excluding carboxylic acids is 1. The Morgan fingerprint density at radius 2 is 1.25 bits per heavy atom. The molecule has 2 aromatic rings. The summed E-state index contributed by atoms with van der Waals surface area (Å²) in [5.41, 5.74) is 0.476. The van der Waals surface area contributed by atoms with Gasteiger partial charge in [0, 0.05) is 0 Å². The summed E-state index contributed by atoms with van der Waals surface area (Å²) >= 11 is 0. The largest absolute Gasteiger partial charge is 0.507 e. The summed E-state index contributed by atoms with van der Waals surface area (Å²) in [6, 6.07) is 13.3. The molecule has 0 heterocycles. The van der Waals surface area contributed by atoms with Crippen molar-refractivity contribution in [1.29, 1.82) is 0 Å². The molecule has 40 heavy (non-hydrogen) atoms. The summed E-state index contributed by atoms with van der Waals surface area (Å²) in [6.45, 7) is 12.2. The first-order valence-corrected chi connectivity index (χ1v) is 15.0. The zero-order valence-corrected chi connectivity index (χ0v) is 25.4. The Morgan fingerprint density at radius 1 is 0.675 bits per heavy atom. The van der Waals surface area contributed by atoms with Crippen molar-refractivity contribution in [3.63, 3.8) is 0 Å². The number of ether oxygens (including phenoxy) is 2. The van der Waals surface area contributed by atoms with Crippen molar-refractivity contribution in [2.24, 2.45) is 17.8 Å². The summed E-state index contributed by atoms with van der Waals surface area (Å²) in [4.78, 5) is 22.7. The molecular weight excluding hydrogens is 504 g/mol. The van der Waals surface area contributed by atoms with Crippen molar-refractivity contribution >= 4 is 11.9 Å². The number of phenols is 1. The fourth-order valence-corrected chi connectivity index (χ4v) is 4.23. The molecule has 0 saturated heterocycles. The number of carboxylic acid groups (broad SMARTS) is 1. The van der Waals surface area contributed by atoms with Gasteiger partial charge in [-0.1, -0.05) is 110 Å². The first-order chi connectivity index (χ1) is 19.1. The van der Waals surface area contributed by atoms with Gasteiger partial charge in [0.15, 0.2) is 0 Å². The van der Waals surface area contributed by atoms with Crippen molar-refractivity contribution in [2.45, 2.75) is 98.8 Å². The van der Waals surface area contributed by atoms with Gasteiger partial charge in [0.2, 0.25) is 0 Å². The second kappa shape index (κ2) is 20.8. The van der Waals surface area contributed by atoms with E-state index in [2.05, 4.69) is 34.6 Å². The van der Waals surface area contributed by atoms with Gasteiger partial charge in [-0.15, -0.1) is 0 Å². The van der Waals surface area contributed by atoms with Gasteiger partial charge in [0.05, 0.1) is 13.2 Å². The zero-order valence-electron chi connectivity index (χ0n) is 25.4. The van der Waals surface area contributed by atoms with Crippen LogP contribution < -0.4 is 4.74 Å². The number of unbranched alkanes of at least 4 members (excludes halogenated alkanes) is 4. The number of carboxylic acids is 1. The van der Waals surface area contributed by atoms with Gasteiger partial charge < -0.3 is 19.7 Å². The number of aromatic hydroxyl groups is 1. The predicted molar refractivity (Wildman–Crippen MR) is 162 cm³/mol. The lowest BCUT2D eigenvalue weighted by Gasteiger charge is -2.14. The molecule has 0 amide bonds. The Labute approximate surface area is 242 Å². The highest BCUT2D eigenvalue weighted by Gasteiger charge is 2.12. The van der Waals surface area contributed by atoms with E-state index in [1.165, 1.54) is 51.0 Å². The van der Waals surface area contributed by atoms with E-state index in [9.17, 15) is 14.7 Å². The summed E-state index contributed by atoms with van der Waals surface area (Å²) in [5, 5.41) is 18.6. The van der Waals surface area contributed by atoms with Gasteiger partial charge in [-0.25, -0.2) is 9.59 Å². The molecule has 1 atom stereocenters. The summed E-state index contributed by atoms with van der Waals surface area (Å²) in [7, 11) is 0. The van der Waals surface area contributed by atoms with Crippen molar-refractivity contribution in [2.75, 3.05) is 13.2 Å². The first kappa shape index (κ1) is 35.0. The van der Waals surface area contributed by atoms with Crippen LogP contribution in [0.25, 0.3) is 0 Å². The van der Waals surface area contributed by atoms with E-state index in [1.54, 1.807) is 42.5 Å². The molecule has 1 unspecified atom stereocenters. The normalized spacial score (nSPS) is 11.6. The number of hydrogen-bond donors (Lipinski definition) is 2. The van der Waals surface area contributed by atoms with Crippen LogP contribution in [0.5, 0.6) is 11.5 Å². The molecule has 0 bridgehead atoms. The number of esters is 1. The molecule has 0 aliphatic rings. The Morgan fingerprint density at radius 3 is 1.90 bits per heavy atom. The molecule has 0 aromatic heterocycles. The Kier molecular flexibility index (Phi) is 18.2. The van der Waals surface area contributed by atoms with E-state index >= 15 is 0 Å². The molecule has 224 valence electrons. The third kappa shape index (κ3) is 16.2. The monoisotopic (exact) mass is 556 g/mol. The van der Waals surface area contributed by atoms with Crippen LogP contribution in [0.4, 0.5) is 0 Å². The van der Waals surface area contributed by atoms with Crippen LogP contribution in [-0.4, -0.2) is 35.4 Å². The SMILES string of the molecule is CC(C)CCCC(C)CCOc1ccccc1C(=O)O.CC(C)CCCCCCCOC(=O)c1ccccc1O. The van der Waals surface area contributed by atoms with Gasteiger partial charge in [-0.2, -0.15) is 0 Å². The fraction of sp³-hybridized carbons (Fsp3) is 0.588. The fourth-order valence-electron chi connectivity index (χ4n) is 4.23. The molecule has 0 aliphatic carbocycles. The third-order valence-corrected chi connectivity index (χ3v) is 6.75. The number of hydrogen-bond acceptors (Lipinski definition) is 5. The molecule has 2 rings (SSSR count). The minimum Gasteiger partial charge on any atom is -0.507 e. The standard InChI is InChI=1S/2C17H26O3/c1-13(2)7-6-8-14(3)11-12-20-16-10-5-4-9-15(16)17(18)19;1-14(2)10-6-4-3-5-9-13-20-17(19)15-11-7-8-12-16(15)18/h4-5,9-10,13-14H,6-8,11-12H2,1-3H3,(H,18,19);7-8,11-12,14,18H,3-6,9-10,13H2,1-2H3. The van der Waals surface area contributed by atoms with Crippen LogP contribution in [0.15, 0.2) is 48.5 Å². The van der Waals surface area contributed by atoms with Gasteiger partial charge in [0.25, 0.3) is 0 Å². The Balaban J connectivity index is 0.000000400. The summed E-state index contributed by atoms with van der Waals surface area (Å²) < 4.78 is 10.8. The van der Waals surface area contributed by atoms with E-state index in [1.807, 2.05) is 0 Å². The van der Waals surface area contributed by atoms with Crippen molar-refractivity contribution in [1.82, 2.24) is 0 Å². The van der Waals surface area contributed by atoms with Crippen LogP contribution >= 0.6 is 0 Å². The Bertz CT molecular complexity index is 968. The average molecular weight is 557 g/mol. The summed E-state index contributed by atoms with van der Waals surface area (Å²) in [6.07, 6.45) is 11.7. The quantitative estimate of drug-likeness (QED) is 0.140. The molecule has 0 radical (unpaired) electrons. The lowest BCUT2D eigenvalue weighted by Crippen LogP contribution is -2.07. The summed E-state index contributed by atoms with van der Waals surface area (Å²) in [5.74, 6) is 1.23. The molecule has 6 heteroatoms. The minimum atomic E-state index is -0.939. The lowest BCUT2D eigenvalue weighted by atomic mass is 9.98. The highest BCUT2D eigenvalue weighted by atomic mass is 16.5. The van der Waals surface area contributed by atoms with E-state index in [4.69, 9.17) is 14.6 Å². The van der Waals surface area contributed by atoms with Gasteiger partial charge in [0.1, 0.15) is 22.6 Å². The maximum atomic E-state index is 11.7. The highest BCUT2D eigenvalue weighted by Crippen LogP contribution is 2.20. The van der Waals surface area contributed by atoms with Crippen LogP contribution in [-0.2, 0) is 4.74 Å².